The molecule has 0 amide bonds. The Balaban J connectivity index is 1.98. The maximum Gasteiger partial charge on any atom is 0.333 e. The molecule has 0 spiro atoms. The maximum atomic E-state index is 12.9. The molecule has 0 aliphatic carbocycles. The molecule has 6 heteroatoms. The van der Waals surface area contributed by atoms with Crippen molar-refractivity contribution in [3.63, 3.8) is 0 Å². The number of likely N-dealkylation sites (tertiary alicyclic amines) is 1. The molecule has 5 nitrogen and oxygen atoms in total. The van der Waals surface area contributed by atoms with Crippen molar-refractivity contribution in [3.05, 3.63) is 35.9 Å². The number of hydrogen-bond donors (Lipinski definition) is 0. The maximum absolute atomic E-state index is 12.9. The highest BCUT2D eigenvalue weighted by Gasteiger charge is 2.30. The largest absolute Gasteiger partial charge is 0.372 e. The number of benzene rings is 1. The quantitative estimate of drug-likeness (QED) is 0.563. The van der Waals surface area contributed by atoms with E-state index in [4.69, 9.17) is 13.8 Å². The van der Waals surface area contributed by atoms with Crippen LogP contribution in [0.5, 0.6) is 0 Å². The smallest absolute Gasteiger partial charge is 0.333 e. The zero-order chi connectivity index (χ0) is 17.3. The Bertz CT molecular complexity index is 495. The van der Waals surface area contributed by atoms with E-state index in [-0.39, 0.29) is 6.10 Å². The minimum atomic E-state index is -3.11. The van der Waals surface area contributed by atoms with Gasteiger partial charge in [0.25, 0.3) is 0 Å². The summed E-state index contributed by atoms with van der Waals surface area (Å²) in [6.45, 7) is 7.89. The third-order valence-corrected chi connectivity index (χ3v) is 6.23. The lowest BCUT2D eigenvalue weighted by molar-refractivity contribution is 0.0290. The van der Waals surface area contributed by atoms with E-state index in [1.165, 1.54) is 12.8 Å². The van der Waals surface area contributed by atoms with Crippen molar-refractivity contribution in [1.82, 2.24) is 4.90 Å². The summed E-state index contributed by atoms with van der Waals surface area (Å²) < 4.78 is 29.9. The summed E-state index contributed by atoms with van der Waals surface area (Å²) in [5.41, 5.74) is 1.12. The van der Waals surface area contributed by atoms with E-state index >= 15 is 0 Å². The third kappa shape index (κ3) is 6.66. The zero-order valence-corrected chi connectivity index (χ0v) is 15.7. The number of nitrogens with zero attached hydrogens (tertiary/aromatic N) is 1. The fourth-order valence-electron chi connectivity index (χ4n) is 2.99. The predicted octanol–water partition coefficient (Wildman–Crippen LogP) is 3.93. The molecule has 0 N–H and O–H groups in total. The lowest BCUT2D eigenvalue weighted by Gasteiger charge is -2.27. The van der Waals surface area contributed by atoms with Gasteiger partial charge in [-0.2, -0.15) is 0 Å². The van der Waals surface area contributed by atoms with Gasteiger partial charge in [-0.05, 0) is 45.3 Å². The van der Waals surface area contributed by atoms with Crippen LogP contribution in [0, 0.1) is 0 Å². The molecule has 1 atom stereocenters. The summed E-state index contributed by atoms with van der Waals surface area (Å²) in [5, 5.41) is 0. The first-order valence-corrected chi connectivity index (χ1v) is 10.6. The first-order valence-electron chi connectivity index (χ1n) is 8.91. The number of hydrogen-bond acceptors (Lipinski definition) is 5. The van der Waals surface area contributed by atoms with Crippen molar-refractivity contribution in [3.8, 4) is 0 Å². The molecule has 0 saturated carbocycles. The number of rotatable bonds is 11. The molecule has 1 saturated heterocycles. The molecular formula is C18H30NO4P. The SMILES string of the molecule is CCOP(=O)(CC(CN1CCCC1)OCc1ccccc1)OCC. The van der Waals surface area contributed by atoms with Crippen LogP contribution in [0.1, 0.15) is 32.3 Å². The average molecular weight is 355 g/mol. The molecule has 0 aromatic heterocycles. The second kappa shape index (κ2) is 10.3. The minimum Gasteiger partial charge on any atom is -0.372 e. The fraction of sp³-hybridized carbons (Fsp3) is 0.667. The Morgan fingerprint density at radius 2 is 1.71 bits per heavy atom. The van der Waals surface area contributed by atoms with Gasteiger partial charge in [0, 0.05) is 6.54 Å². The molecule has 1 heterocycles. The van der Waals surface area contributed by atoms with Crippen molar-refractivity contribution in [2.24, 2.45) is 0 Å². The van der Waals surface area contributed by atoms with Crippen LogP contribution in [-0.2, 0) is 25.0 Å². The Labute approximate surface area is 145 Å². The van der Waals surface area contributed by atoms with E-state index in [2.05, 4.69) is 4.90 Å². The zero-order valence-electron chi connectivity index (χ0n) is 14.9. The van der Waals surface area contributed by atoms with Gasteiger partial charge in [-0.15, -0.1) is 0 Å². The second-order valence-corrected chi connectivity index (χ2v) is 8.16. The third-order valence-electron chi connectivity index (χ3n) is 4.07. The van der Waals surface area contributed by atoms with Crippen LogP contribution in [-0.4, -0.2) is 50.0 Å². The van der Waals surface area contributed by atoms with E-state index in [1.807, 2.05) is 44.2 Å². The van der Waals surface area contributed by atoms with Gasteiger partial charge in [0.1, 0.15) is 0 Å². The first-order chi connectivity index (χ1) is 11.6. The highest BCUT2D eigenvalue weighted by Crippen LogP contribution is 2.49. The van der Waals surface area contributed by atoms with Gasteiger partial charge < -0.3 is 18.7 Å². The molecule has 1 aromatic carbocycles. The molecule has 2 rings (SSSR count). The number of ether oxygens (including phenoxy) is 1. The van der Waals surface area contributed by atoms with Crippen molar-refractivity contribution in [2.75, 3.05) is 39.0 Å². The summed E-state index contributed by atoms with van der Waals surface area (Å²) >= 11 is 0. The Kier molecular flexibility index (Phi) is 8.43. The molecule has 1 fully saturated rings. The standard InChI is InChI=1S/C18H30NO4P/c1-3-22-24(20,23-4-2)16-18(14-19-12-8-9-13-19)21-15-17-10-6-5-7-11-17/h5-7,10-11,18H,3-4,8-9,12-16H2,1-2H3. The summed E-state index contributed by atoms with van der Waals surface area (Å²) in [7, 11) is -3.11. The van der Waals surface area contributed by atoms with Gasteiger partial charge in [-0.25, -0.2) is 0 Å². The molecule has 0 bridgehead atoms. The first kappa shape index (κ1) is 19.6. The Morgan fingerprint density at radius 3 is 2.29 bits per heavy atom. The fourth-order valence-corrected chi connectivity index (χ4v) is 4.78. The molecule has 1 aliphatic heterocycles. The van der Waals surface area contributed by atoms with Gasteiger partial charge in [0.15, 0.2) is 0 Å². The molecular weight excluding hydrogens is 325 g/mol. The summed E-state index contributed by atoms with van der Waals surface area (Å²) in [6.07, 6.45) is 2.59. The van der Waals surface area contributed by atoms with Crippen molar-refractivity contribution < 1.29 is 18.3 Å². The van der Waals surface area contributed by atoms with Gasteiger partial charge >= 0.3 is 7.60 Å². The topological polar surface area (TPSA) is 48.0 Å². The van der Waals surface area contributed by atoms with E-state index in [1.54, 1.807) is 0 Å². The van der Waals surface area contributed by atoms with Gasteiger partial charge in [-0.1, -0.05) is 30.3 Å². The molecule has 24 heavy (non-hydrogen) atoms. The summed E-state index contributed by atoms with van der Waals surface area (Å²) in [4.78, 5) is 2.37. The Morgan fingerprint density at radius 1 is 1.08 bits per heavy atom. The van der Waals surface area contributed by atoms with Crippen molar-refractivity contribution in [1.29, 1.82) is 0 Å². The molecule has 1 aliphatic rings. The van der Waals surface area contributed by atoms with Gasteiger partial charge in [0.2, 0.25) is 0 Å². The van der Waals surface area contributed by atoms with E-state index in [9.17, 15) is 4.57 Å². The normalized spacial score (nSPS) is 17.2. The van der Waals surface area contributed by atoms with Crippen LogP contribution < -0.4 is 0 Å². The lowest BCUT2D eigenvalue weighted by Crippen LogP contribution is -2.34. The molecule has 0 radical (unpaired) electrons. The lowest BCUT2D eigenvalue weighted by atomic mass is 10.2. The monoisotopic (exact) mass is 355 g/mol. The molecule has 136 valence electrons. The highest BCUT2D eigenvalue weighted by molar-refractivity contribution is 7.53. The Hall–Kier alpha value is -0.710. The van der Waals surface area contributed by atoms with Crippen LogP contribution >= 0.6 is 7.60 Å². The molecule has 1 aromatic rings. The van der Waals surface area contributed by atoms with E-state index in [0.29, 0.717) is 26.0 Å². The van der Waals surface area contributed by atoms with Crippen molar-refractivity contribution in [2.45, 2.75) is 39.4 Å². The van der Waals surface area contributed by atoms with Crippen LogP contribution in [0.25, 0.3) is 0 Å². The van der Waals surface area contributed by atoms with Gasteiger partial charge in [0.05, 0.1) is 32.1 Å². The van der Waals surface area contributed by atoms with Crippen LogP contribution in [0.2, 0.25) is 0 Å². The van der Waals surface area contributed by atoms with Crippen LogP contribution in [0.4, 0.5) is 0 Å². The van der Waals surface area contributed by atoms with E-state index < -0.39 is 7.60 Å². The minimum absolute atomic E-state index is 0.160. The van der Waals surface area contributed by atoms with Crippen molar-refractivity contribution >= 4 is 7.60 Å². The molecule has 1 unspecified atom stereocenters. The van der Waals surface area contributed by atoms with Gasteiger partial charge in [-0.3, -0.25) is 4.57 Å². The predicted molar refractivity (Wildman–Crippen MR) is 96.4 cm³/mol. The highest BCUT2D eigenvalue weighted by atomic mass is 31.2. The average Bonchev–Trinajstić information content (AvgIpc) is 3.07. The second-order valence-electron chi connectivity index (χ2n) is 6.06. The van der Waals surface area contributed by atoms with Crippen LogP contribution in [0.15, 0.2) is 30.3 Å². The van der Waals surface area contributed by atoms with Crippen LogP contribution in [0.3, 0.4) is 0 Å². The summed E-state index contributed by atoms with van der Waals surface area (Å²) in [5.74, 6) is 0. The summed E-state index contributed by atoms with van der Waals surface area (Å²) in [6, 6.07) is 10.1. The van der Waals surface area contributed by atoms with E-state index in [0.717, 1.165) is 25.2 Å².